The molecule has 34 heavy (non-hydrogen) atoms. The highest BCUT2D eigenvalue weighted by atomic mass is 32.1. The molecule has 3 aromatic heterocycles. The highest BCUT2D eigenvalue weighted by Gasteiger charge is 2.18. The highest BCUT2D eigenvalue weighted by molar-refractivity contribution is 7.14. The Hall–Kier alpha value is -3.67. The van der Waals surface area contributed by atoms with Crippen LogP contribution in [0.1, 0.15) is 35.6 Å². The molecule has 1 unspecified atom stereocenters. The summed E-state index contributed by atoms with van der Waals surface area (Å²) in [5.74, 6) is -0.478. The van der Waals surface area contributed by atoms with E-state index in [0.29, 0.717) is 11.7 Å². The van der Waals surface area contributed by atoms with Crippen LogP contribution in [0.5, 0.6) is 0 Å². The van der Waals surface area contributed by atoms with E-state index in [1.54, 1.807) is 13.2 Å². The SMILES string of the molecule is COCC(C)n1c(C)cc(/C=C(\C#N)C(=O)Nc2nc(-c3c(C)[nH]c4ccccc34)cs2)c1C. The van der Waals surface area contributed by atoms with Crippen molar-refractivity contribution >= 4 is 39.4 Å². The van der Waals surface area contributed by atoms with Crippen molar-refractivity contribution in [3.8, 4) is 17.3 Å². The van der Waals surface area contributed by atoms with Gasteiger partial charge in [-0.2, -0.15) is 5.26 Å². The number of methoxy groups -OCH3 is 1. The first-order chi connectivity index (χ1) is 16.3. The molecule has 1 atom stereocenters. The van der Waals surface area contributed by atoms with Gasteiger partial charge in [0.1, 0.15) is 11.6 Å². The summed E-state index contributed by atoms with van der Waals surface area (Å²) in [6.45, 7) is 8.64. The van der Waals surface area contributed by atoms with Gasteiger partial charge in [0.15, 0.2) is 5.13 Å². The van der Waals surface area contributed by atoms with Gasteiger partial charge in [0.25, 0.3) is 5.91 Å². The van der Waals surface area contributed by atoms with Gasteiger partial charge in [-0.25, -0.2) is 4.98 Å². The quantitative estimate of drug-likeness (QED) is 0.263. The summed E-state index contributed by atoms with van der Waals surface area (Å²) in [4.78, 5) is 20.9. The number of amides is 1. The number of carbonyl (C=O) groups is 1. The molecule has 4 aromatic rings. The number of anilines is 1. The Bertz CT molecular complexity index is 1430. The van der Waals surface area contributed by atoms with E-state index in [-0.39, 0.29) is 11.6 Å². The molecule has 4 rings (SSSR count). The lowest BCUT2D eigenvalue weighted by molar-refractivity contribution is -0.112. The average molecular weight is 474 g/mol. The largest absolute Gasteiger partial charge is 0.383 e. The molecule has 2 N–H and O–H groups in total. The molecular weight excluding hydrogens is 446 g/mol. The molecule has 0 saturated heterocycles. The number of carbonyl (C=O) groups excluding carboxylic acids is 1. The van der Waals surface area contributed by atoms with Crippen LogP contribution in [-0.4, -0.2) is 34.2 Å². The van der Waals surface area contributed by atoms with Gasteiger partial charge in [0.05, 0.1) is 18.3 Å². The Kier molecular flexibility index (Phi) is 6.68. The molecule has 0 aliphatic heterocycles. The normalized spacial score (nSPS) is 12.6. The maximum absolute atomic E-state index is 12.9. The van der Waals surface area contributed by atoms with E-state index in [0.717, 1.165) is 44.8 Å². The van der Waals surface area contributed by atoms with Gasteiger partial charge in [-0.05, 0) is 51.5 Å². The standard InChI is InChI=1S/C26H27N5O2S/c1-15-10-19(18(4)31(15)16(2)13-33-5)11-20(12-27)25(32)30-26-29-23(14-34-26)24-17(3)28-22-9-7-6-8-21(22)24/h6-11,14,16,28H,13H2,1-5H3,(H,29,30,32)/b20-11+. The number of rotatable bonds is 7. The number of benzene rings is 1. The van der Waals surface area contributed by atoms with Crippen LogP contribution in [0.25, 0.3) is 28.2 Å². The smallest absolute Gasteiger partial charge is 0.268 e. The molecule has 0 fully saturated rings. The van der Waals surface area contributed by atoms with Gasteiger partial charge in [0.2, 0.25) is 0 Å². The van der Waals surface area contributed by atoms with Gasteiger partial charge >= 0.3 is 0 Å². The third-order valence-electron chi connectivity index (χ3n) is 5.91. The maximum Gasteiger partial charge on any atom is 0.268 e. The van der Waals surface area contributed by atoms with Gasteiger partial charge in [-0.1, -0.05) is 18.2 Å². The number of hydrogen-bond donors (Lipinski definition) is 2. The molecule has 0 aliphatic rings. The molecule has 174 valence electrons. The van der Waals surface area contributed by atoms with Crippen molar-refractivity contribution in [2.24, 2.45) is 0 Å². The summed E-state index contributed by atoms with van der Waals surface area (Å²) in [7, 11) is 1.67. The Morgan fingerprint density at radius 1 is 1.35 bits per heavy atom. The van der Waals surface area contributed by atoms with E-state index in [4.69, 9.17) is 4.74 Å². The first-order valence-electron chi connectivity index (χ1n) is 11.0. The fourth-order valence-electron chi connectivity index (χ4n) is 4.46. The average Bonchev–Trinajstić information content (AvgIpc) is 3.46. The lowest BCUT2D eigenvalue weighted by Gasteiger charge is -2.17. The molecule has 0 aliphatic carbocycles. The minimum absolute atomic E-state index is 0.0275. The van der Waals surface area contributed by atoms with Gasteiger partial charge in [0, 0.05) is 46.0 Å². The fourth-order valence-corrected chi connectivity index (χ4v) is 5.16. The number of thiazole rings is 1. The van der Waals surface area contributed by atoms with Crippen molar-refractivity contribution in [3.05, 3.63) is 63.9 Å². The van der Waals surface area contributed by atoms with Crippen molar-refractivity contribution < 1.29 is 9.53 Å². The van der Waals surface area contributed by atoms with Crippen LogP contribution >= 0.6 is 11.3 Å². The Labute approximate surface area is 202 Å². The summed E-state index contributed by atoms with van der Waals surface area (Å²) >= 11 is 1.34. The summed E-state index contributed by atoms with van der Waals surface area (Å²) in [6, 6.07) is 12.2. The van der Waals surface area contributed by atoms with Crippen molar-refractivity contribution in [2.75, 3.05) is 19.0 Å². The lowest BCUT2D eigenvalue weighted by atomic mass is 10.1. The number of aromatic nitrogens is 3. The van der Waals surface area contributed by atoms with Crippen molar-refractivity contribution in [3.63, 3.8) is 0 Å². The maximum atomic E-state index is 12.9. The predicted molar refractivity (Wildman–Crippen MR) is 137 cm³/mol. The highest BCUT2D eigenvalue weighted by Crippen LogP contribution is 2.34. The van der Waals surface area contributed by atoms with E-state index in [2.05, 4.69) is 26.8 Å². The van der Waals surface area contributed by atoms with Crippen LogP contribution in [-0.2, 0) is 9.53 Å². The Morgan fingerprint density at radius 3 is 2.85 bits per heavy atom. The minimum Gasteiger partial charge on any atom is -0.383 e. The van der Waals surface area contributed by atoms with Gasteiger partial charge in [-0.15, -0.1) is 11.3 Å². The number of aromatic amines is 1. The molecular formula is C26H27N5O2S. The van der Waals surface area contributed by atoms with Gasteiger partial charge in [-0.3, -0.25) is 10.1 Å². The number of nitrogens with one attached hydrogen (secondary N) is 2. The van der Waals surface area contributed by atoms with Gasteiger partial charge < -0.3 is 14.3 Å². The van der Waals surface area contributed by atoms with E-state index in [1.165, 1.54) is 11.3 Å². The predicted octanol–water partition coefficient (Wildman–Crippen LogP) is 5.77. The molecule has 1 aromatic carbocycles. The van der Waals surface area contributed by atoms with Crippen LogP contribution in [0, 0.1) is 32.1 Å². The number of nitriles is 1. The van der Waals surface area contributed by atoms with Crippen molar-refractivity contribution in [1.82, 2.24) is 14.5 Å². The monoisotopic (exact) mass is 473 g/mol. The van der Waals surface area contributed by atoms with Crippen LogP contribution in [0.3, 0.4) is 0 Å². The Morgan fingerprint density at radius 2 is 2.12 bits per heavy atom. The number of ether oxygens (including phenoxy) is 1. The third kappa shape index (κ3) is 4.40. The zero-order valence-corrected chi connectivity index (χ0v) is 20.7. The van der Waals surface area contributed by atoms with E-state index >= 15 is 0 Å². The fraction of sp³-hybridized carbons (Fsp3) is 0.269. The van der Waals surface area contributed by atoms with Crippen LogP contribution < -0.4 is 5.32 Å². The van der Waals surface area contributed by atoms with Crippen molar-refractivity contribution in [2.45, 2.75) is 33.7 Å². The molecule has 8 heteroatoms. The number of hydrogen-bond acceptors (Lipinski definition) is 5. The first-order valence-corrected chi connectivity index (χ1v) is 11.9. The molecule has 0 spiro atoms. The zero-order chi connectivity index (χ0) is 24.4. The minimum atomic E-state index is -0.478. The molecule has 1 amide bonds. The number of aryl methyl sites for hydroxylation is 2. The van der Waals surface area contributed by atoms with E-state index in [1.807, 2.05) is 62.6 Å². The second-order valence-corrected chi connectivity index (χ2v) is 9.19. The number of para-hydroxylation sites is 1. The first kappa shape index (κ1) is 23.5. The zero-order valence-electron chi connectivity index (χ0n) is 19.9. The number of nitrogens with zero attached hydrogens (tertiary/aromatic N) is 3. The van der Waals surface area contributed by atoms with Crippen molar-refractivity contribution in [1.29, 1.82) is 5.26 Å². The molecule has 0 bridgehead atoms. The summed E-state index contributed by atoms with van der Waals surface area (Å²) < 4.78 is 7.44. The van der Waals surface area contributed by atoms with Crippen LogP contribution in [0.2, 0.25) is 0 Å². The number of fused-ring (bicyclic) bond motifs is 1. The summed E-state index contributed by atoms with van der Waals surface area (Å²) in [6.07, 6.45) is 1.63. The second-order valence-electron chi connectivity index (χ2n) is 8.33. The van der Waals surface area contributed by atoms with Crippen LogP contribution in [0.15, 0.2) is 41.3 Å². The van der Waals surface area contributed by atoms with Crippen LogP contribution in [0.4, 0.5) is 5.13 Å². The molecule has 7 nitrogen and oxygen atoms in total. The Balaban J connectivity index is 1.58. The third-order valence-corrected chi connectivity index (χ3v) is 6.67. The number of H-pyrrole nitrogens is 1. The molecule has 0 radical (unpaired) electrons. The molecule has 0 saturated carbocycles. The summed E-state index contributed by atoms with van der Waals surface area (Å²) in [5.41, 5.74) is 6.75. The topological polar surface area (TPSA) is 95.7 Å². The van der Waals surface area contributed by atoms with E-state index < -0.39 is 5.91 Å². The summed E-state index contributed by atoms with van der Waals surface area (Å²) in [5, 5.41) is 15.9. The lowest BCUT2D eigenvalue weighted by Crippen LogP contribution is -2.14. The second kappa shape index (κ2) is 9.67. The molecule has 3 heterocycles. The van der Waals surface area contributed by atoms with E-state index in [9.17, 15) is 10.1 Å².